The molecule has 210 valence electrons. The Labute approximate surface area is 238 Å². The SMILES string of the molecule is C[C@@](Cc1c[nH]c2ccccc12)(NC(=O)Oc1ccc2cc[nH]c2c1)C(=O)NCC1(c2ccccn2)CCCCC1. The third kappa shape index (κ3) is 5.55. The molecule has 6 rings (SSSR count). The van der Waals surface area contributed by atoms with Crippen LogP contribution in [0.15, 0.2) is 85.3 Å². The van der Waals surface area contributed by atoms with Crippen LogP contribution in [0.1, 0.15) is 50.3 Å². The minimum absolute atomic E-state index is 0.233. The van der Waals surface area contributed by atoms with Crippen molar-refractivity contribution in [3.8, 4) is 5.75 Å². The third-order valence-electron chi connectivity index (χ3n) is 8.44. The maximum Gasteiger partial charge on any atom is 0.413 e. The summed E-state index contributed by atoms with van der Waals surface area (Å²) in [7, 11) is 0. The molecule has 3 aromatic heterocycles. The number of benzene rings is 2. The number of hydrogen-bond donors (Lipinski definition) is 4. The van der Waals surface area contributed by atoms with Crippen molar-refractivity contribution >= 4 is 33.8 Å². The van der Waals surface area contributed by atoms with Crippen LogP contribution in [0.4, 0.5) is 4.79 Å². The van der Waals surface area contributed by atoms with Crippen LogP contribution < -0.4 is 15.4 Å². The standard InChI is InChI=1S/C33H35N5O3/c1-32(20-24-21-36-27-10-4-3-9-26(24)27,38-31(40)41-25-13-12-23-14-18-34-28(23)19-25)30(39)37-22-33(15-6-2-7-16-33)29-11-5-8-17-35-29/h3-5,8-14,17-19,21,34,36H,2,6-7,15-16,20,22H2,1H3,(H,37,39)(H,38,40)/t32-/m0/s1. The second-order valence-corrected chi connectivity index (χ2v) is 11.3. The number of nitrogens with one attached hydrogen (secondary N) is 4. The molecule has 3 heterocycles. The fourth-order valence-corrected chi connectivity index (χ4v) is 6.16. The van der Waals surface area contributed by atoms with Crippen LogP contribution in [0.3, 0.4) is 0 Å². The number of ether oxygens (including phenoxy) is 1. The number of carbonyl (C=O) groups is 2. The molecule has 2 amide bonds. The van der Waals surface area contributed by atoms with Gasteiger partial charge < -0.3 is 25.3 Å². The van der Waals surface area contributed by atoms with Gasteiger partial charge in [0.05, 0.1) is 0 Å². The smallest absolute Gasteiger partial charge is 0.410 e. The molecule has 1 aliphatic carbocycles. The number of H-pyrrole nitrogens is 2. The lowest BCUT2D eigenvalue weighted by Crippen LogP contribution is -2.60. The van der Waals surface area contributed by atoms with Gasteiger partial charge in [-0.05, 0) is 67.1 Å². The molecule has 0 unspecified atom stereocenters. The van der Waals surface area contributed by atoms with E-state index in [9.17, 15) is 9.59 Å². The van der Waals surface area contributed by atoms with E-state index < -0.39 is 11.6 Å². The summed E-state index contributed by atoms with van der Waals surface area (Å²) < 4.78 is 5.66. The predicted molar refractivity (Wildman–Crippen MR) is 160 cm³/mol. The summed E-state index contributed by atoms with van der Waals surface area (Å²) in [5.74, 6) is 0.129. The summed E-state index contributed by atoms with van der Waals surface area (Å²) in [6, 6.07) is 21.3. The van der Waals surface area contributed by atoms with Gasteiger partial charge >= 0.3 is 6.09 Å². The van der Waals surface area contributed by atoms with Crippen LogP contribution in [0.5, 0.6) is 5.75 Å². The first kappa shape index (κ1) is 26.6. The third-order valence-corrected chi connectivity index (χ3v) is 8.44. The highest BCUT2D eigenvalue weighted by atomic mass is 16.6. The number of rotatable bonds is 8. The number of para-hydroxylation sites is 1. The van der Waals surface area contributed by atoms with Crippen LogP contribution in [0.25, 0.3) is 21.8 Å². The largest absolute Gasteiger partial charge is 0.413 e. The number of amides is 2. The Kier molecular flexibility index (Phi) is 7.22. The normalized spacial score (nSPS) is 16.2. The lowest BCUT2D eigenvalue weighted by molar-refractivity contribution is -0.127. The second-order valence-electron chi connectivity index (χ2n) is 11.3. The van der Waals surface area contributed by atoms with Crippen LogP contribution in [-0.2, 0) is 16.6 Å². The Balaban J connectivity index is 1.25. The van der Waals surface area contributed by atoms with Crippen molar-refractivity contribution < 1.29 is 14.3 Å². The molecule has 41 heavy (non-hydrogen) atoms. The zero-order chi connectivity index (χ0) is 28.3. The monoisotopic (exact) mass is 549 g/mol. The maximum absolute atomic E-state index is 14.1. The minimum atomic E-state index is -1.28. The van der Waals surface area contributed by atoms with E-state index in [0.717, 1.165) is 58.7 Å². The van der Waals surface area contributed by atoms with Gasteiger partial charge in [0, 0.05) is 65.2 Å². The Bertz CT molecular complexity index is 1670. The molecule has 8 heteroatoms. The number of nitrogens with zero attached hydrogens (tertiary/aromatic N) is 1. The molecule has 1 saturated carbocycles. The molecular formula is C33H35N5O3. The topological polar surface area (TPSA) is 112 Å². The molecule has 5 aromatic rings. The molecule has 1 atom stereocenters. The molecule has 0 bridgehead atoms. The van der Waals surface area contributed by atoms with Gasteiger partial charge in [-0.1, -0.05) is 43.5 Å². The number of fused-ring (bicyclic) bond motifs is 2. The van der Waals surface area contributed by atoms with E-state index in [2.05, 4.69) is 31.7 Å². The highest BCUT2D eigenvalue weighted by Gasteiger charge is 2.40. The molecule has 0 saturated heterocycles. The quantitative estimate of drug-likeness (QED) is 0.186. The van der Waals surface area contributed by atoms with E-state index in [1.165, 1.54) is 6.42 Å². The second kappa shape index (κ2) is 11.1. The maximum atomic E-state index is 14.1. The number of hydrogen-bond acceptors (Lipinski definition) is 4. The summed E-state index contributed by atoms with van der Waals surface area (Å²) in [6.45, 7) is 2.21. The summed E-state index contributed by atoms with van der Waals surface area (Å²) in [5, 5.41) is 8.16. The van der Waals surface area contributed by atoms with Crippen molar-refractivity contribution in [2.75, 3.05) is 6.54 Å². The number of aromatic nitrogens is 3. The van der Waals surface area contributed by atoms with Gasteiger partial charge in [0.1, 0.15) is 11.3 Å². The van der Waals surface area contributed by atoms with E-state index in [1.807, 2.05) is 67.1 Å². The molecule has 1 fully saturated rings. The van der Waals surface area contributed by atoms with Gasteiger partial charge in [0.15, 0.2) is 0 Å². The summed E-state index contributed by atoms with van der Waals surface area (Å²) in [5.41, 5.74) is 2.26. The Morgan fingerprint density at radius 1 is 0.976 bits per heavy atom. The lowest BCUT2D eigenvalue weighted by atomic mass is 9.71. The highest BCUT2D eigenvalue weighted by molar-refractivity contribution is 5.92. The van der Waals surface area contributed by atoms with Gasteiger partial charge in [-0.25, -0.2) is 4.79 Å². The first-order valence-corrected chi connectivity index (χ1v) is 14.3. The zero-order valence-corrected chi connectivity index (χ0v) is 23.2. The van der Waals surface area contributed by atoms with E-state index in [4.69, 9.17) is 4.74 Å². The van der Waals surface area contributed by atoms with Crippen molar-refractivity contribution in [1.29, 1.82) is 0 Å². The molecule has 8 nitrogen and oxygen atoms in total. The average molecular weight is 550 g/mol. The van der Waals surface area contributed by atoms with Crippen LogP contribution in [0.2, 0.25) is 0 Å². The molecule has 4 N–H and O–H groups in total. The average Bonchev–Trinajstić information content (AvgIpc) is 3.63. The summed E-state index contributed by atoms with van der Waals surface area (Å²) in [6.07, 6.45) is 10.4. The van der Waals surface area contributed by atoms with Crippen molar-refractivity contribution in [1.82, 2.24) is 25.6 Å². The predicted octanol–water partition coefficient (Wildman–Crippen LogP) is 6.15. The minimum Gasteiger partial charge on any atom is -0.410 e. The summed E-state index contributed by atoms with van der Waals surface area (Å²) in [4.78, 5) is 38.4. The molecule has 1 aliphatic rings. The zero-order valence-electron chi connectivity index (χ0n) is 23.2. The Morgan fingerprint density at radius 3 is 2.63 bits per heavy atom. The van der Waals surface area contributed by atoms with Gasteiger partial charge in [-0.2, -0.15) is 0 Å². The molecule has 0 aliphatic heterocycles. The van der Waals surface area contributed by atoms with Crippen LogP contribution in [0, 0.1) is 0 Å². The van der Waals surface area contributed by atoms with Crippen LogP contribution in [-0.4, -0.2) is 39.0 Å². The molecular weight excluding hydrogens is 514 g/mol. The van der Waals surface area contributed by atoms with Gasteiger partial charge in [0.25, 0.3) is 0 Å². The highest BCUT2D eigenvalue weighted by Crippen LogP contribution is 2.38. The van der Waals surface area contributed by atoms with Crippen molar-refractivity contribution in [3.63, 3.8) is 0 Å². The van der Waals surface area contributed by atoms with Gasteiger partial charge in [-0.15, -0.1) is 0 Å². The molecule has 2 aromatic carbocycles. The molecule has 0 radical (unpaired) electrons. The van der Waals surface area contributed by atoms with Gasteiger partial charge in [0.2, 0.25) is 5.91 Å². The van der Waals surface area contributed by atoms with Crippen molar-refractivity contribution in [2.45, 2.75) is 56.4 Å². The van der Waals surface area contributed by atoms with E-state index in [1.54, 1.807) is 19.1 Å². The molecule has 0 spiro atoms. The number of pyridine rings is 1. The van der Waals surface area contributed by atoms with E-state index in [0.29, 0.717) is 12.3 Å². The first-order valence-electron chi connectivity index (χ1n) is 14.3. The fourth-order valence-electron chi connectivity index (χ4n) is 6.16. The number of carbonyl (C=O) groups excluding carboxylic acids is 2. The fraction of sp³-hybridized carbons (Fsp3) is 0.303. The van der Waals surface area contributed by atoms with E-state index in [-0.39, 0.29) is 17.7 Å². The van der Waals surface area contributed by atoms with Gasteiger partial charge in [-0.3, -0.25) is 9.78 Å². The van der Waals surface area contributed by atoms with Crippen molar-refractivity contribution in [2.24, 2.45) is 0 Å². The number of aromatic amines is 2. The van der Waals surface area contributed by atoms with Crippen molar-refractivity contribution in [3.05, 3.63) is 96.6 Å². The van der Waals surface area contributed by atoms with E-state index >= 15 is 0 Å². The van der Waals surface area contributed by atoms with Crippen LogP contribution >= 0.6 is 0 Å². The Morgan fingerprint density at radius 2 is 1.80 bits per heavy atom. The first-order chi connectivity index (χ1) is 19.9. The Hall–Kier alpha value is -4.59. The lowest BCUT2D eigenvalue weighted by Gasteiger charge is -2.38. The summed E-state index contributed by atoms with van der Waals surface area (Å²) >= 11 is 0.